The highest BCUT2D eigenvalue weighted by atomic mass is 35.5. The Labute approximate surface area is 160 Å². The molecule has 0 spiro atoms. The van der Waals surface area contributed by atoms with E-state index in [9.17, 15) is 4.79 Å². The summed E-state index contributed by atoms with van der Waals surface area (Å²) in [5, 5.41) is 0.786. The van der Waals surface area contributed by atoms with Crippen LogP contribution in [0.25, 0.3) is 0 Å². The van der Waals surface area contributed by atoms with E-state index in [-0.39, 0.29) is 18.6 Å². The number of carbonyl (C=O) groups is 1. The van der Waals surface area contributed by atoms with Crippen molar-refractivity contribution in [3.63, 3.8) is 0 Å². The first-order valence-electron chi connectivity index (χ1n) is 9.14. The van der Waals surface area contributed by atoms with Gasteiger partial charge in [0, 0.05) is 19.1 Å². The van der Waals surface area contributed by atoms with Gasteiger partial charge < -0.3 is 9.64 Å². The van der Waals surface area contributed by atoms with Crippen LogP contribution in [0.2, 0.25) is 10.0 Å². The third-order valence-corrected chi connectivity index (χ3v) is 6.26. The molecular weight excluding hydrogens is 359 g/mol. The molecule has 138 valence electrons. The summed E-state index contributed by atoms with van der Waals surface area (Å²) in [6, 6.07) is 5.96. The van der Waals surface area contributed by atoms with E-state index in [0.717, 1.165) is 19.5 Å². The van der Waals surface area contributed by atoms with Gasteiger partial charge in [0.05, 0.1) is 5.02 Å². The third kappa shape index (κ3) is 4.42. The Morgan fingerprint density at radius 2 is 1.92 bits per heavy atom. The van der Waals surface area contributed by atoms with Crippen LogP contribution in [-0.4, -0.2) is 54.5 Å². The highest BCUT2D eigenvalue weighted by Gasteiger charge is 2.35. The molecule has 25 heavy (non-hydrogen) atoms. The number of likely N-dealkylation sites (tertiary alicyclic amines) is 1. The summed E-state index contributed by atoms with van der Waals surface area (Å²) in [6.45, 7) is 2.31. The van der Waals surface area contributed by atoms with Crippen LogP contribution in [0.5, 0.6) is 5.75 Å². The predicted octanol–water partition coefficient (Wildman–Crippen LogP) is 4.24. The molecule has 1 aliphatic heterocycles. The second-order valence-corrected chi connectivity index (χ2v) is 7.79. The van der Waals surface area contributed by atoms with Gasteiger partial charge in [-0.2, -0.15) is 0 Å². The minimum Gasteiger partial charge on any atom is -0.482 e. The quantitative estimate of drug-likeness (QED) is 0.760. The van der Waals surface area contributed by atoms with E-state index in [2.05, 4.69) is 4.90 Å². The second kappa shape index (κ2) is 8.61. The van der Waals surface area contributed by atoms with Crippen LogP contribution in [0.1, 0.15) is 38.5 Å². The van der Waals surface area contributed by atoms with Crippen LogP contribution >= 0.6 is 23.2 Å². The summed E-state index contributed by atoms with van der Waals surface area (Å²) < 4.78 is 5.63. The average Bonchev–Trinajstić information content (AvgIpc) is 3.16. The second-order valence-electron chi connectivity index (χ2n) is 7.01. The van der Waals surface area contributed by atoms with E-state index in [4.69, 9.17) is 27.9 Å². The Kier molecular flexibility index (Phi) is 6.48. The highest BCUT2D eigenvalue weighted by molar-refractivity contribution is 6.42. The molecule has 1 aromatic carbocycles. The number of halogens is 2. The molecule has 1 aromatic rings. The van der Waals surface area contributed by atoms with E-state index in [1.165, 1.54) is 32.1 Å². The maximum absolute atomic E-state index is 12.7. The lowest BCUT2D eigenvalue weighted by molar-refractivity contribution is -0.136. The molecule has 3 rings (SSSR count). The number of amides is 1. The number of benzene rings is 1. The standard InChI is InChI=1S/C19H26Cl2N2O2/c1-22(15-8-2-3-9-16(15)23-11-4-5-12-23)18(24)13-25-17-10-6-7-14(20)19(17)21/h6-7,10,15-16H,2-5,8-9,11-13H2,1H3/t15-,16+/m1/s1. The summed E-state index contributed by atoms with van der Waals surface area (Å²) in [4.78, 5) is 17.1. The summed E-state index contributed by atoms with van der Waals surface area (Å²) in [5.41, 5.74) is 0. The van der Waals surface area contributed by atoms with Crippen molar-refractivity contribution in [3.05, 3.63) is 28.2 Å². The summed E-state index contributed by atoms with van der Waals surface area (Å²) in [7, 11) is 1.91. The molecule has 6 heteroatoms. The number of ether oxygens (including phenoxy) is 1. The smallest absolute Gasteiger partial charge is 0.260 e. The van der Waals surface area contributed by atoms with E-state index >= 15 is 0 Å². The van der Waals surface area contributed by atoms with Crippen LogP contribution in [0.4, 0.5) is 0 Å². The Bertz CT molecular complexity index is 605. The summed E-state index contributed by atoms with van der Waals surface area (Å²) in [6.07, 6.45) is 7.25. The fourth-order valence-corrected chi connectivity index (χ4v) is 4.41. The van der Waals surface area contributed by atoms with Crippen molar-refractivity contribution in [2.24, 2.45) is 0 Å². The number of nitrogens with zero attached hydrogens (tertiary/aromatic N) is 2. The SMILES string of the molecule is CN(C(=O)COc1cccc(Cl)c1Cl)[C@@H]1CCCC[C@@H]1N1CCCC1. The fraction of sp³-hybridized carbons (Fsp3) is 0.632. The van der Waals surface area contributed by atoms with Crippen LogP contribution in [-0.2, 0) is 4.79 Å². The largest absolute Gasteiger partial charge is 0.482 e. The van der Waals surface area contributed by atoms with E-state index in [0.29, 0.717) is 21.8 Å². The van der Waals surface area contributed by atoms with Gasteiger partial charge in [-0.3, -0.25) is 9.69 Å². The van der Waals surface area contributed by atoms with Gasteiger partial charge in [0.25, 0.3) is 5.91 Å². The number of hydrogen-bond acceptors (Lipinski definition) is 3. The van der Waals surface area contributed by atoms with Crippen molar-refractivity contribution in [2.45, 2.75) is 50.6 Å². The molecule has 1 amide bonds. The predicted molar refractivity (Wildman–Crippen MR) is 102 cm³/mol. The Morgan fingerprint density at radius 1 is 1.20 bits per heavy atom. The molecule has 0 bridgehead atoms. The fourth-order valence-electron chi connectivity index (χ4n) is 4.06. The summed E-state index contributed by atoms with van der Waals surface area (Å²) in [5.74, 6) is 0.447. The molecule has 0 N–H and O–H groups in total. The van der Waals surface area contributed by atoms with Crippen LogP contribution in [0.3, 0.4) is 0 Å². The minimum absolute atomic E-state index is 0.00728. The number of rotatable bonds is 5. The zero-order chi connectivity index (χ0) is 17.8. The van der Waals surface area contributed by atoms with Gasteiger partial charge in [0.15, 0.2) is 6.61 Å². The van der Waals surface area contributed by atoms with Crippen molar-refractivity contribution < 1.29 is 9.53 Å². The zero-order valence-electron chi connectivity index (χ0n) is 14.7. The van der Waals surface area contributed by atoms with Crippen LogP contribution in [0.15, 0.2) is 18.2 Å². The molecule has 4 nitrogen and oxygen atoms in total. The van der Waals surface area contributed by atoms with Crippen LogP contribution < -0.4 is 4.74 Å². The molecule has 0 unspecified atom stereocenters. The Hall–Kier alpha value is -0.970. The molecule has 1 aliphatic carbocycles. The minimum atomic E-state index is -0.0141. The Balaban J connectivity index is 1.61. The van der Waals surface area contributed by atoms with Gasteiger partial charge in [-0.1, -0.05) is 42.1 Å². The average molecular weight is 385 g/mol. The molecule has 0 radical (unpaired) electrons. The first-order valence-corrected chi connectivity index (χ1v) is 9.90. The van der Waals surface area contributed by atoms with E-state index in [1.54, 1.807) is 18.2 Å². The normalized spacial score (nSPS) is 24.3. The third-order valence-electron chi connectivity index (χ3n) is 5.46. The lowest BCUT2D eigenvalue weighted by atomic mass is 9.88. The maximum Gasteiger partial charge on any atom is 0.260 e. The van der Waals surface area contributed by atoms with Gasteiger partial charge in [-0.25, -0.2) is 0 Å². The molecule has 1 saturated heterocycles. The van der Waals surface area contributed by atoms with Crippen molar-refractivity contribution in [1.82, 2.24) is 9.80 Å². The molecule has 0 aromatic heterocycles. The molecule has 1 saturated carbocycles. The summed E-state index contributed by atoms with van der Waals surface area (Å²) >= 11 is 12.1. The maximum atomic E-state index is 12.7. The number of carbonyl (C=O) groups excluding carboxylic acids is 1. The first-order chi connectivity index (χ1) is 12.1. The van der Waals surface area contributed by atoms with Crippen LogP contribution in [0, 0.1) is 0 Å². The molecule has 2 fully saturated rings. The van der Waals surface area contributed by atoms with E-state index in [1.807, 2.05) is 11.9 Å². The molecular formula is C19H26Cl2N2O2. The van der Waals surface area contributed by atoms with Gasteiger partial charge >= 0.3 is 0 Å². The molecule has 2 aliphatic rings. The Morgan fingerprint density at radius 3 is 2.68 bits per heavy atom. The molecule has 1 heterocycles. The van der Waals surface area contributed by atoms with Gasteiger partial charge in [0.1, 0.15) is 10.8 Å². The zero-order valence-corrected chi connectivity index (χ0v) is 16.2. The van der Waals surface area contributed by atoms with E-state index < -0.39 is 0 Å². The number of hydrogen-bond donors (Lipinski definition) is 0. The monoisotopic (exact) mass is 384 g/mol. The highest BCUT2D eigenvalue weighted by Crippen LogP contribution is 2.32. The molecule has 2 atom stereocenters. The van der Waals surface area contributed by atoms with Crippen molar-refractivity contribution in [3.8, 4) is 5.75 Å². The lowest BCUT2D eigenvalue weighted by Crippen LogP contribution is -2.53. The van der Waals surface area contributed by atoms with Crippen molar-refractivity contribution >= 4 is 29.1 Å². The number of likely N-dealkylation sites (N-methyl/N-ethyl adjacent to an activating group) is 1. The first kappa shape index (κ1) is 18.8. The van der Waals surface area contributed by atoms with Gasteiger partial charge in [-0.15, -0.1) is 0 Å². The van der Waals surface area contributed by atoms with Crippen molar-refractivity contribution in [1.29, 1.82) is 0 Å². The van der Waals surface area contributed by atoms with Crippen molar-refractivity contribution in [2.75, 3.05) is 26.7 Å². The van der Waals surface area contributed by atoms with Gasteiger partial charge in [-0.05, 0) is 50.9 Å². The lowest BCUT2D eigenvalue weighted by Gasteiger charge is -2.42. The topological polar surface area (TPSA) is 32.8 Å². The van der Waals surface area contributed by atoms with Gasteiger partial charge in [0.2, 0.25) is 0 Å².